The lowest BCUT2D eigenvalue weighted by Gasteiger charge is -2.56. The molecular weight excluding hydrogens is 333 g/mol. The third kappa shape index (κ3) is 3.21. The van der Waals surface area contributed by atoms with Crippen molar-refractivity contribution in [2.75, 3.05) is 5.32 Å². The molecule has 4 fully saturated rings. The van der Waals surface area contributed by atoms with E-state index in [4.69, 9.17) is 4.74 Å². The molecule has 2 N–H and O–H groups in total. The van der Waals surface area contributed by atoms with Crippen molar-refractivity contribution in [2.45, 2.75) is 57.0 Å². The van der Waals surface area contributed by atoms with Crippen LogP contribution in [0.5, 0.6) is 0 Å². The molecule has 2 amide bonds. The van der Waals surface area contributed by atoms with Crippen LogP contribution in [0.3, 0.4) is 0 Å². The number of ether oxygens (including phenoxy) is 1. The van der Waals surface area contributed by atoms with Gasteiger partial charge in [0.25, 0.3) is 0 Å². The number of halogens is 3. The number of rotatable bonds is 2. The van der Waals surface area contributed by atoms with Crippen LogP contribution in [-0.4, -0.2) is 17.9 Å². The number of alkyl halides is 3. The van der Waals surface area contributed by atoms with Gasteiger partial charge in [0, 0.05) is 5.69 Å². The number of anilines is 1. The zero-order chi connectivity index (χ0) is 17.8. The van der Waals surface area contributed by atoms with E-state index in [-0.39, 0.29) is 17.4 Å². The molecule has 5 rings (SSSR count). The molecule has 0 radical (unpaired) electrons. The average Bonchev–Trinajstić information content (AvgIpc) is 2.46. The summed E-state index contributed by atoms with van der Waals surface area (Å²) in [4.78, 5) is 12.4. The van der Waals surface area contributed by atoms with Gasteiger partial charge in [0.05, 0.1) is 11.7 Å². The summed E-state index contributed by atoms with van der Waals surface area (Å²) in [6.45, 7) is 1.40. The minimum absolute atomic E-state index is 0.125. The molecule has 4 bridgehead atoms. The summed E-state index contributed by atoms with van der Waals surface area (Å²) >= 11 is 0. The lowest BCUT2D eigenvalue weighted by atomic mass is 9.65. The summed E-state index contributed by atoms with van der Waals surface area (Å²) in [5.41, 5.74) is -1.14. The first-order valence-electron chi connectivity index (χ1n) is 8.67. The Hall–Kier alpha value is -1.76. The Morgan fingerprint density at radius 3 is 2.48 bits per heavy atom. The second kappa shape index (κ2) is 5.62. The number of urea groups is 1. The highest BCUT2D eigenvalue weighted by molar-refractivity contribution is 5.89. The van der Waals surface area contributed by atoms with Gasteiger partial charge in [0.15, 0.2) is 0 Å². The number of carbonyl (C=O) groups is 1. The first-order chi connectivity index (χ1) is 11.7. The predicted octanol–water partition coefficient (Wildman–Crippen LogP) is 4.44. The van der Waals surface area contributed by atoms with Crippen LogP contribution in [0.15, 0.2) is 18.2 Å². The number of hydrogen-bond donors (Lipinski definition) is 2. The van der Waals surface area contributed by atoms with Crippen LogP contribution in [0.2, 0.25) is 0 Å². The van der Waals surface area contributed by atoms with Gasteiger partial charge in [0.1, 0.15) is 5.72 Å². The molecule has 0 aromatic heterocycles. The second-order valence-electron chi connectivity index (χ2n) is 7.69. The molecule has 4 nitrogen and oxygen atoms in total. The van der Waals surface area contributed by atoms with Crippen molar-refractivity contribution in [3.63, 3.8) is 0 Å². The number of amides is 2. The molecule has 0 spiro atoms. The van der Waals surface area contributed by atoms with Crippen molar-refractivity contribution in [1.29, 1.82) is 0 Å². The van der Waals surface area contributed by atoms with Crippen LogP contribution in [0.25, 0.3) is 0 Å². The molecule has 25 heavy (non-hydrogen) atoms. The van der Waals surface area contributed by atoms with Crippen molar-refractivity contribution in [1.82, 2.24) is 5.32 Å². The summed E-state index contributed by atoms with van der Waals surface area (Å²) in [5.74, 6) is 1.14. The summed E-state index contributed by atoms with van der Waals surface area (Å²) in [7, 11) is 0. The molecule has 4 aliphatic rings. The smallest absolute Gasteiger partial charge is 0.352 e. The van der Waals surface area contributed by atoms with Crippen LogP contribution in [0.1, 0.15) is 43.2 Å². The molecular formula is C18H21F3N2O2. The summed E-state index contributed by atoms with van der Waals surface area (Å²) in [6, 6.07) is 3.29. The SMILES string of the molecule is Cc1ccc(NC(=O)NC23CC4CC(CC(C4)O2)C3)cc1C(F)(F)F. The first-order valence-corrected chi connectivity index (χ1v) is 8.67. The second-order valence-corrected chi connectivity index (χ2v) is 7.69. The highest BCUT2D eigenvalue weighted by Crippen LogP contribution is 2.51. The number of hydrogen-bond acceptors (Lipinski definition) is 2. The molecule has 2 heterocycles. The van der Waals surface area contributed by atoms with E-state index in [0.717, 1.165) is 31.7 Å². The number of aryl methyl sites for hydroxylation is 1. The largest absolute Gasteiger partial charge is 0.416 e. The Bertz CT molecular complexity index is 667. The van der Waals surface area contributed by atoms with Crippen LogP contribution in [-0.2, 0) is 10.9 Å². The van der Waals surface area contributed by atoms with E-state index in [2.05, 4.69) is 10.6 Å². The Morgan fingerprint density at radius 2 is 1.88 bits per heavy atom. The Balaban J connectivity index is 1.46. The van der Waals surface area contributed by atoms with Gasteiger partial charge in [-0.3, -0.25) is 0 Å². The van der Waals surface area contributed by atoms with Gasteiger partial charge in [0.2, 0.25) is 0 Å². The Labute approximate surface area is 144 Å². The molecule has 2 unspecified atom stereocenters. The van der Waals surface area contributed by atoms with Crippen molar-refractivity contribution in [3.8, 4) is 0 Å². The van der Waals surface area contributed by atoms with Crippen molar-refractivity contribution < 1.29 is 22.7 Å². The summed E-state index contributed by atoms with van der Waals surface area (Å²) in [6.07, 6.45) is 0.620. The third-order valence-electron chi connectivity index (χ3n) is 5.63. The Kier molecular flexibility index (Phi) is 3.76. The fourth-order valence-electron chi connectivity index (χ4n) is 4.87. The number of nitrogens with one attached hydrogen (secondary N) is 2. The van der Waals surface area contributed by atoms with Crippen molar-refractivity contribution in [2.24, 2.45) is 11.8 Å². The molecule has 1 aromatic rings. The highest BCUT2D eigenvalue weighted by atomic mass is 19.4. The lowest BCUT2D eigenvalue weighted by Crippen LogP contribution is -2.63. The minimum atomic E-state index is -4.44. The van der Waals surface area contributed by atoms with Gasteiger partial charge >= 0.3 is 12.2 Å². The van der Waals surface area contributed by atoms with E-state index >= 15 is 0 Å². The van der Waals surface area contributed by atoms with Gasteiger partial charge in [-0.05, 0) is 68.6 Å². The van der Waals surface area contributed by atoms with Crippen LogP contribution in [0.4, 0.5) is 23.7 Å². The lowest BCUT2D eigenvalue weighted by molar-refractivity contribution is -0.227. The van der Waals surface area contributed by atoms with Gasteiger partial charge < -0.3 is 15.4 Å². The molecule has 7 heteroatoms. The van der Waals surface area contributed by atoms with Gasteiger partial charge in [-0.2, -0.15) is 13.2 Å². The molecule has 136 valence electrons. The monoisotopic (exact) mass is 354 g/mol. The minimum Gasteiger partial charge on any atom is -0.352 e. The fourth-order valence-corrected chi connectivity index (χ4v) is 4.87. The van der Waals surface area contributed by atoms with Gasteiger partial charge in [-0.15, -0.1) is 0 Å². The number of benzene rings is 1. The van der Waals surface area contributed by atoms with Crippen LogP contribution in [0, 0.1) is 18.8 Å². The fraction of sp³-hybridized carbons (Fsp3) is 0.611. The van der Waals surface area contributed by atoms with Crippen LogP contribution < -0.4 is 10.6 Å². The van der Waals surface area contributed by atoms with E-state index in [1.807, 2.05) is 0 Å². The normalized spacial score (nSPS) is 33.4. The third-order valence-corrected chi connectivity index (χ3v) is 5.63. The van der Waals surface area contributed by atoms with Crippen LogP contribution >= 0.6 is 0 Å². The summed E-state index contributed by atoms with van der Waals surface area (Å²) < 4.78 is 45.1. The quantitative estimate of drug-likeness (QED) is 0.825. The molecule has 2 saturated heterocycles. The van der Waals surface area contributed by atoms with E-state index in [1.54, 1.807) is 0 Å². The molecule has 2 atom stereocenters. The van der Waals surface area contributed by atoms with Gasteiger partial charge in [-0.25, -0.2) is 4.79 Å². The predicted molar refractivity (Wildman–Crippen MR) is 86.0 cm³/mol. The standard InChI is InChI=1S/C18H21F3N2O2/c1-10-2-3-13(7-15(10)18(19,20)21)22-16(24)23-17-8-11-4-12(9-17)6-14(5-11)25-17/h2-3,7,11-12,14H,4-6,8-9H2,1H3,(H2,22,23,24). The molecule has 2 saturated carbocycles. The highest BCUT2D eigenvalue weighted by Gasteiger charge is 2.52. The Morgan fingerprint density at radius 1 is 1.20 bits per heavy atom. The van der Waals surface area contributed by atoms with E-state index < -0.39 is 23.5 Å². The van der Waals surface area contributed by atoms with E-state index in [1.165, 1.54) is 25.5 Å². The van der Waals surface area contributed by atoms with Crippen molar-refractivity contribution >= 4 is 11.7 Å². The van der Waals surface area contributed by atoms with Crippen molar-refractivity contribution in [3.05, 3.63) is 29.3 Å². The maximum absolute atomic E-state index is 13.0. The molecule has 2 aliphatic carbocycles. The molecule has 1 aromatic carbocycles. The van der Waals surface area contributed by atoms with E-state index in [9.17, 15) is 18.0 Å². The zero-order valence-corrected chi connectivity index (χ0v) is 14.0. The number of carbonyl (C=O) groups excluding carboxylic acids is 1. The maximum atomic E-state index is 13.0. The van der Waals surface area contributed by atoms with E-state index in [0.29, 0.717) is 11.8 Å². The zero-order valence-electron chi connectivity index (χ0n) is 14.0. The maximum Gasteiger partial charge on any atom is 0.416 e. The van der Waals surface area contributed by atoms with Gasteiger partial charge in [-0.1, -0.05) is 6.07 Å². The summed E-state index contributed by atoms with van der Waals surface area (Å²) in [5, 5.41) is 5.42. The molecule has 2 aliphatic heterocycles. The first kappa shape index (κ1) is 16.7. The average molecular weight is 354 g/mol. The topological polar surface area (TPSA) is 50.4 Å².